The first-order chi connectivity index (χ1) is 15.5. The van der Waals surface area contributed by atoms with Crippen molar-refractivity contribution in [2.45, 2.75) is 58.4 Å². The molecule has 0 bridgehead atoms. The normalized spacial score (nSPS) is 18.5. The van der Waals surface area contributed by atoms with Crippen LogP contribution in [0.25, 0.3) is 0 Å². The van der Waals surface area contributed by atoms with Gasteiger partial charge in [0.05, 0.1) is 25.4 Å². The summed E-state index contributed by atoms with van der Waals surface area (Å²) in [5.41, 5.74) is 2.15. The monoisotopic (exact) mass is 465 g/mol. The lowest BCUT2D eigenvalue weighted by molar-refractivity contribution is -0.125. The fraction of sp³-hybridized carbons (Fsp3) is 0.500. The summed E-state index contributed by atoms with van der Waals surface area (Å²) >= 11 is 0. The minimum Gasteiger partial charge on any atom is -0.494 e. The molecule has 3 rings (SSSR count). The number of halogens is 2. The van der Waals surface area contributed by atoms with Crippen LogP contribution in [0, 0.1) is 18.6 Å². The van der Waals surface area contributed by atoms with Gasteiger partial charge < -0.3 is 19.8 Å². The zero-order chi connectivity index (χ0) is 24.7. The van der Waals surface area contributed by atoms with Crippen molar-refractivity contribution in [1.29, 1.82) is 0 Å². The summed E-state index contributed by atoms with van der Waals surface area (Å²) in [7, 11) is 4.98. The quantitative estimate of drug-likeness (QED) is 0.683. The van der Waals surface area contributed by atoms with Crippen LogP contribution in [0.15, 0.2) is 29.1 Å². The number of carbonyl (C=O) groups is 1. The van der Waals surface area contributed by atoms with Gasteiger partial charge in [0.1, 0.15) is 0 Å². The lowest BCUT2D eigenvalue weighted by atomic mass is 10.1. The largest absolute Gasteiger partial charge is 0.494 e. The van der Waals surface area contributed by atoms with Crippen molar-refractivity contribution in [1.82, 2.24) is 15.2 Å². The number of amides is 1. The van der Waals surface area contributed by atoms with Crippen molar-refractivity contribution >= 4 is 5.91 Å². The molecule has 1 aliphatic heterocycles. The Morgan fingerprint density at radius 3 is 2.55 bits per heavy atom. The molecule has 2 N–H and O–H groups in total. The highest BCUT2D eigenvalue weighted by Gasteiger charge is 2.25. The van der Waals surface area contributed by atoms with Crippen LogP contribution in [0.4, 0.5) is 8.78 Å². The summed E-state index contributed by atoms with van der Waals surface area (Å²) in [4.78, 5) is 29.5. The molecule has 0 saturated carbocycles. The Hall–Kier alpha value is -2.78. The number of hydrogen-bond donors (Lipinski definition) is 2. The molecule has 1 aromatic carbocycles. The first kappa shape index (κ1) is 26.5. The van der Waals surface area contributed by atoms with Gasteiger partial charge in [-0.15, -0.1) is 0 Å². The second-order valence-corrected chi connectivity index (χ2v) is 8.32. The fourth-order valence-electron chi connectivity index (χ4n) is 3.37. The number of aryl methyl sites for hydroxylation is 1. The number of rotatable bonds is 6. The number of benzene rings is 1. The number of hydrogen-bond acceptors (Lipinski definition) is 5. The van der Waals surface area contributed by atoms with E-state index in [-0.39, 0.29) is 41.9 Å². The third-order valence-electron chi connectivity index (χ3n) is 5.68. The van der Waals surface area contributed by atoms with Crippen LogP contribution in [0.2, 0.25) is 0 Å². The Labute approximate surface area is 193 Å². The number of H-pyrrole nitrogens is 1. The number of nitrogens with zero attached hydrogens (tertiary/aromatic N) is 1. The van der Waals surface area contributed by atoms with Crippen molar-refractivity contribution in [3.8, 4) is 5.75 Å². The smallest absolute Gasteiger partial charge is 0.237 e. The van der Waals surface area contributed by atoms with E-state index >= 15 is 0 Å². The molecule has 9 heteroatoms. The third-order valence-corrected chi connectivity index (χ3v) is 5.68. The van der Waals surface area contributed by atoms with Gasteiger partial charge in [0.25, 0.3) is 0 Å². The lowest BCUT2D eigenvalue weighted by Crippen LogP contribution is -2.41. The van der Waals surface area contributed by atoms with Gasteiger partial charge in [-0.3, -0.25) is 14.5 Å². The summed E-state index contributed by atoms with van der Waals surface area (Å²) in [6.07, 6.45) is 2.13. The predicted molar refractivity (Wildman–Crippen MR) is 122 cm³/mol. The molecule has 3 unspecified atom stereocenters. The van der Waals surface area contributed by atoms with Gasteiger partial charge in [0.2, 0.25) is 11.7 Å². The maximum Gasteiger partial charge on any atom is 0.237 e. The van der Waals surface area contributed by atoms with Gasteiger partial charge in [-0.2, -0.15) is 4.39 Å². The number of pyridine rings is 1. The van der Waals surface area contributed by atoms with Gasteiger partial charge in [-0.25, -0.2) is 4.39 Å². The van der Waals surface area contributed by atoms with Crippen LogP contribution in [0.1, 0.15) is 49.7 Å². The second-order valence-electron chi connectivity index (χ2n) is 8.32. The molecule has 0 aliphatic carbocycles. The van der Waals surface area contributed by atoms with Crippen molar-refractivity contribution in [2.24, 2.45) is 0 Å². The standard InChI is InChI=1S/C17H27N3O3.C7H6F2O/c1-10-6-7-16(23-10)14-8-15(21)13(11(2)19-14)9-18-17(22)12(3)20(4)5;1-10-6-4-2-3-5(8)7(6)9/h8,10,12,16H,6-7,9H2,1-5H3,(H,18,22)(H,19,21);2-4H,1H3. The molecular weight excluding hydrogens is 432 g/mol. The summed E-state index contributed by atoms with van der Waals surface area (Å²) in [6, 6.07) is 5.15. The molecule has 33 heavy (non-hydrogen) atoms. The van der Waals surface area contributed by atoms with Gasteiger partial charge >= 0.3 is 0 Å². The second kappa shape index (κ2) is 11.9. The Bertz CT molecular complexity index is 1010. The summed E-state index contributed by atoms with van der Waals surface area (Å²) in [6.45, 7) is 5.97. The number of aromatic nitrogens is 1. The summed E-state index contributed by atoms with van der Waals surface area (Å²) in [5, 5.41) is 2.83. The minimum atomic E-state index is -0.940. The first-order valence-corrected chi connectivity index (χ1v) is 10.8. The maximum atomic E-state index is 12.5. The zero-order valence-corrected chi connectivity index (χ0v) is 20.0. The van der Waals surface area contributed by atoms with E-state index in [2.05, 4.69) is 15.0 Å². The predicted octanol–water partition coefficient (Wildman–Crippen LogP) is 3.46. The van der Waals surface area contributed by atoms with Crippen LogP contribution in [0.5, 0.6) is 5.75 Å². The van der Waals surface area contributed by atoms with E-state index in [0.717, 1.165) is 30.3 Å². The third kappa shape index (κ3) is 7.10. The van der Waals surface area contributed by atoms with Gasteiger partial charge in [0, 0.05) is 29.6 Å². The van der Waals surface area contributed by atoms with Gasteiger partial charge in [-0.1, -0.05) is 6.07 Å². The first-order valence-electron chi connectivity index (χ1n) is 10.8. The molecule has 182 valence electrons. The lowest BCUT2D eigenvalue weighted by Gasteiger charge is -2.19. The Morgan fingerprint density at radius 2 is 2.03 bits per heavy atom. The highest BCUT2D eigenvalue weighted by atomic mass is 19.2. The van der Waals surface area contributed by atoms with Crippen LogP contribution in [-0.4, -0.2) is 49.1 Å². The van der Waals surface area contributed by atoms with E-state index in [4.69, 9.17) is 4.74 Å². The van der Waals surface area contributed by atoms with Crippen molar-refractivity contribution in [3.63, 3.8) is 0 Å². The molecular formula is C24H33F2N3O4. The number of nitrogens with one attached hydrogen (secondary N) is 2. The maximum absolute atomic E-state index is 12.5. The fourth-order valence-corrected chi connectivity index (χ4v) is 3.37. The molecule has 2 aromatic rings. The van der Waals surface area contributed by atoms with Crippen LogP contribution in [-0.2, 0) is 16.1 Å². The number of likely N-dealkylation sites (N-methyl/N-ethyl adjacent to an activating group) is 1. The van der Waals surface area contributed by atoms with E-state index in [0.29, 0.717) is 5.56 Å². The zero-order valence-electron chi connectivity index (χ0n) is 20.0. The molecule has 1 amide bonds. The molecule has 1 aliphatic rings. The average molecular weight is 466 g/mol. The van der Waals surface area contributed by atoms with Crippen LogP contribution >= 0.6 is 0 Å². The topological polar surface area (TPSA) is 83.7 Å². The highest BCUT2D eigenvalue weighted by molar-refractivity contribution is 5.81. The van der Waals surface area contributed by atoms with E-state index in [1.54, 1.807) is 6.07 Å². The Morgan fingerprint density at radius 1 is 1.33 bits per heavy atom. The molecule has 1 aromatic heterocycles. The van der Waals surface area contributed by atoms with Crippen LogP contribution < -0.4 is 15.5 Å². The number of carbonyl (C=O) groups excluding carboxylic acids is 1. The molecule has 1 fully saturated rings. The molecule has 0 radical (unpaired) electrons. The molecule has 1 saturated heterocycles. The van der Waals surface area contributed by atoms with Crippen molar-refractivity contribution < 1.29 is 23.0 Å². The summed E-state index contributed by atoms with van der Waals surface area (Å²) in [5.74, 6) is -1.99. The number of methoxy groups -OCH3 is 1. The van der Waals surface area contributed by atoms with Crippen LogP contribution in [0.3, 0.4) is 0 Å². The molecule has 2 heterocycles. The Kier molecular flexibility index (Phi) is 9.55. The number of ether oxygens (including phenoxy) is 2. The number of aromatic amines is 1. The van der Waals surface area contributed by atoms with Crippen molar-refractivity contribution in [2.75, 3.05) is 21.2 Å². The SMILES string of the molecule is COc1cccc(F)c1F.Cc1[nH]c(C2CCC(C)O2)cc(=O)c1CNC(=O)C(C)N(C)C. The van der Waals surface area contributed by atoms with Crippen molar-refractivity contribution in [3.05, 3.63) is 63.1 Å². The Balaban J connectivity index is 0.000000321. The minimum absolute atomic E-state index is 0.0335. The van der Waals surface area contributed by atoms with Gasteiger partial charge in [0.15, 0.2) is 17.0 Å². The van der Waals surface area contributed by atoms with Gasteiger partial charge in [-0.05, 0) is 59.8 Å². The van der Waals surface area contributed by atoms with E-state index in [1.807, 2.05) is 39.8 Å². The van der Waals surface area contributed by atoms with E-state index in [1.165, 1.54) is 19.2 Å². The van der Waals surface area contributed by atoms with E-state index < -0.39 is 11.6 Å². The highest BCUT2D eigenvalue weighted by Crippen LogP contribution is 2.31. The van der Waals surface area contributed by atoms with E-state index in [9.17, 15) is 18.4 Å². The molecule has 7 nitrogen and oxygen atoms in total. The molecule has 0 spiro atoms. The summed E-state index contributed by atoms with van der Waals surface area (Å²) < 4.78 is 35.1. The average Bonchev–Trinajstić information content (AvgIpc) is 3.21. The molecule has 3 atom stereocenters.